The molecule has 2 rings (SSSR count). The molecule has 0 radical (unpaired) electrons. The van der Waals surface area contributed by atoms with Gasteiger partial charge in [0.1, 0.15) is 6.10 Å². The lowest BCUT2D eigenvalue weighted by Gasteiger charge is -2.18. The average molecular weight is 344 g/mol. The van der Waals surface area contributed by atoms with Gasteiger partial charge >= 0.3 is 0 Å². The van der Waals surface area contributed by atoms with Crippen molar-refractivity contribution in [2.24, 2.45) is 0 Å². The molecule has 7 heteroatoms. The number of halogens is 2. The lowest BCUT2D eigenvalue weighted by molar-refractivity contribution is 0.218. The number of pyridine rings is 1. The molecule has 0 bridgehead atoms. The van der Waals surface area contributed by atoms with Crippen molar-refractivity contribution in [3.63, 3.8) is 0 Å². The molecule has 0 aliphatic rings. The van der Waals surface area contributed by atoms with E-state index in [9.17, 15) is 5.11 Å². The third-order valence-corrected chi connectivity index (χ3v) is 3.77. The fraction of sp³-hybridized carbons (Fsp3) is 0.267. The third kappa shape index (κ3) is 3.06. The molecule has 118 valence electrons. The first-order chi connectivity index (χ1) is 10.5. The summed E-state index contributed by atoms with van der Waals surface area (Å²) in [5.74, 6) is 1.29. The summed E-state index contributed by atoms with van der Waals surface area (Å²) in [4.78, 5) is 3.87. The minimum absolute atomic E-state index is 0.272. The first-order valence-corrected chi connectivity index (χ1v) is 7.06. The molecule has 2 aromatic rings. The van der Waals surface area contributed by atoms with Crippen molar-refractivity contribution in [2.45, 2.75) is 6.10 Å². The molecule has 1 unspecified atom stereocenters. The Morgan fingerprint density at radius 3 is 1.86 bits per heavy atom. The molecule has 0 saturated heterocycles. The molecule has 0 aliphatic heterocycles. The average Bonchev–Trinajstić information content (AvgIpc) is 2.52. The molecule has 1 heterocycles. The largest absolute Gasteiger partial charge is 0.493 e. The monoisotopic (exact) mass is 343 g/mol. The van der Waals surface area contributed by atoms with Crippen LogP contribution in [0.2, 0.25) is 10.0 Å². The van der Waals surface area contributed by atoms with Crippen molar-refractivity contribution in [1.82, 2.24) is 4.98 Å². The van der Waals surface area contributed by atoms with Gasteiger partial charge in [-0.15, -0.1) is 0 Å². The number of hydrogen-bond acceptors (Lipinski definition) is 5. The van der Waals surface area contributed by atoms with Crippen LogP contribution >= 0.6 is 23.2 Å². The first kappa shape index (κ1) is 16.7. The Bertz CT molecular complexity index is 633. The van der Waals surface area contributed by atoms with Crippen LogP contribution < -0.4 is 14.2 Å². The van der Waals surface area contributed by atoms with E-state index in [1.54, 1.807) is 12.1 Å². The normalized spacial score (nSPS) is 11.9. The highest BCUT2D eigenvalue weighted by atomic mass is 35.5. The highest BCUT2D eigenvalue weighted by Gasteiger charge is 2.22. The summed E-state index contributed by atoms with van der Waals surface area (Å²) in [6.45, 7) is 0. The molecule has 0 amide bonds. The van der Waals surface area contributed by atoms with Crippen molar-refractivity contribution in [3.8, 4) is 17.2 Å². The van der Waals surface area contributed by atoms with E-state index in [-0.39, 0.29) is 10.0 Å². The van der Waals surface area contributed by atoms with Gasteiger partial charge in [0, 0.05) is 18.0 Å². The number of methoxy groups -OCH3 is 3. The number of ether oxygens (including phenoxy) is 3. The zero-order valence-electron chi connectivity index (χ0n) is 12.3. The Hall–Kier alpha value is -1.69. The number of benzene rings is 1. The maximum atomic E-state index is 10.6. The highest BCUT2D eigenvalue weighted by molar-refractivity contribution is 6.35. The fourth-order valence-corrected chi connectivity index (χ4v) is 2.68. The van der Waals surface area contributed by atoms with E-state index in [0.717, 1.165) is 0 Å². The zero-order chi connectivity index (χ0) is 16.3. The van der Waals surface area contributed by atoms with Gasteiger partial charge in [0.25, 0.3) is 0 Å². The van der Waals surface area contributed by atoms with Gasteiger partial charge in [-0.2, -0.15) is 0 Å². The second-order valence-corrected chi connectivity index (χ2v) is 5.19. The van der Waals surface area contributed by atoms with E-state index in [4.69, 9.17) is 37.4 Å². The van der Waals surface area contributed by atoms with Crippen LogP contribution in [0, 0.1) is 0 Å². The maximum Gasteiger partial charge on any atom is 0.203 e. The van der Waals surface area contributed by atoms with E-state index >= 15 is 0 Å². The Balaban J connectivity index is 2.57. The van der Waals surface area contributed by atoms with Crippen molar-refractivity contribution in [3.05, 3.63) is 45.7 Å². The van der Waals surface area contributed by atoms with Crippen molar-refractivity contribution < 1.29 is 19.3 Å². The van der Waals surface area contributed by atoms with Gasteiger partial charge in [-0.05, 0) is 17.7 Å². The summed E-state index contributed by atoms with van der Waals surface area (Å²) in [5, 5.41) is 11.2. The summed E-state index contributed by atoms with van der Waals surface area (Å²) < 4.78 is 15.8. The number of aromatic nitrogens is 1. The Labute approximate surface area is 138 Å². The maximum absolute atomic E-state index is 10.6. The minimum Gasteiger partial charge on any atom is -0.493 e. The van der Waals surface area contributed by atoms with Gasteiger partial charge in [0.2, 0.25) is 5.75 Å². The quantitative estimate of drug-likeness (QED) is 0.900. The van der Waals surface area contributed by atoms with E-state index in [2.05, 4.69) is 4.98 Å². The van der Waals surface area contributed by atoms with E-state index in [0.29, 0.717) is 28.4 Å². The van der Waals surface area contributed by atoms with Gasteiger partial charge in [-0.3, -0.25) is 4.98 Å². The highest BCUT2D eigenvalue weighted by Crippen LogP contribution is 2.42. The van der Waals surface area contributed by atoms with Crippen LogP contribution in [0.5, 0.6) is 17.2 Å². The first-order valence-electron chi connectivity index (χ1n) is 6.30. The second kappa shape index (κ2) is 7.05. The number of rotatable bonds is 5. The molecule has 1 N–H and O–H groups in total. The van der Waals surface area contributed by atoms with E-state index < -0.39 is 6.10 Å². The molecule has 0 spiro atoms. The zero-order valence-corrected chi connectivity index (χ0v) is 13.8. The summed E-state index contributed by atoms with van der Waals surface area (Å²) >= 11 is 12.2. The van der Waals surface area contributed by atoms with Gasteiger partial charge in [-0.1, -0.05) is 23.2 Å². The van der Waals surface area contributed by atoms with Crippen LogP contribution in [0.15, 0.2) is 24.5 Å². The number of hydrogen-bond donors (Lipinski definition) is 1. The number of nitrogens with zero attached hydrogens (tertiary/aromatic N) is 1. The van der Waals surface area contributed by atoms with Gasteiger partial charge < -0.3 is 19.3 Å². The Morgan fingerprint density at radius 1 is 0.955 bits per heavy atom. The molecule has 1 aromatic carbocycles. The van der Waals surface area contributed by atoms with Crippen LogP contribution in [0.4, 0.5) is 0 Å². The summed E-state index contributed by atoms with van der Waals surface area (Å²) in [6.07, 6.45) is 1.78. The Morgan fingerprint density at radius 2 is 1.45 bits per heavy atom. The van der Waals surface area contributed by atoms with Gasteiger partial charge in [0.05, 0.1) is 31.4 Å². The summed E-state index contributed by atoms with van der Waals surface area (Å²) in [7, 11) is 4.51. The van der Waals surface area contributed by atoms with Crippen LogP contribution in [-0.4, -0.2) is 31.4 Å². The predicted molar refractivity (Wildman–Crippen MR) is 84.4 cm³/mol. The van der Waals surface area contributed by atoms with Crippen molar-refractivity contribution in [2.75, 3.05) is 21.3 Å². The molecule has 0 fully saturated rings. The molecule has 1 atom stereocenters. The van der Waals surface area contributed by atoms with Crippen LogP contribution in [0.25, 0.3) is 0 Å². The molecule has 1 aromatic heterocycles. The molecule has 0 saturated carbocycles. The third-order valence-electron chi connectivity index (χ3n) is 3.17. The predicted octanol–water partition coefficient (Wildman–Crippen LogP) is 3.50. The van der Waals surface area contributed by atoms with Gasteiger partial charge in [0.15, 0.2) is 11.5 Å². The lowest BCUT2D eigenvalue weighted by Crippen LogP contribution is -2.04. The standard InChI is InChI=1S/C15H15Cl2NO4/c1-20-11-4-8(5-12(21-2)15(11)22-3)14(19)13-9(16)6-18-7-10(13)17/h4-7,14,19H,1-3H3. The van der Waals surface area contributed by atoms with E-state index in [1.807, 2.05) is 0 Å². The smallest absolute Gasteiger partial charge is 0.203 e. The Kier molecular flexibility index (Phi) is 5.34. The minimum atomic E-state index is -1.06. The molecule has 5 nitrogen and oxygen atoms in total. The molecule has 0 aliphatic carbocycles. The fourth-order valence-electron chi connectivity index (χ4n) is 2.11. The molecular weight excluding hydrogens is 329 g/mol. The number of aliphatic hydroxyl groups excluding tert-OH is 1. The van der Waals surface area contributed by atoms with Crippen LogP contribution in [-0.2, 0) is 0 Å². The summed E-state index contributed by atoms with van der Waals surface area (Å²) in [6, 6.07) is 3.28. The molecular formula is C15H15Cl2NO4. The summed E-state index contributed by atoms with van der Waals surface area (Å²) in [5.41, 5.74) is 0.872. The molecule has 22 heavy (non-hydrogen) atoms. The number of aliphatic hydroxyl groups is 1. The second-order valence-electron chi connectivity index (χ2n) is 4.38. The SMILES string of the molecule is COc1cc(C(O)c2c(Cl)cncc2Cl)cc(OC)c1OC. The van der Waals surface area contributed by atoms with Crippen molar-refractivity contribution >= 4 is 23.2 Å². The topological polar surface area (TPSA) is 60.8 Å². The van der Waals surface area contributed by atoms with Crippen LogP contribution in [0.1, 0.15) is 17.2 Å². The van der Waals surface area contributed by atoms with Crippen LogP contribution in [0.3, 0.4) is 0 Å². The lowest BCUT2D eigenvalue weighted by atomic mass is 10.0. The van der Waals surface area contributed by atoms with Gasteiger partial charge in [-0.25, -0.2) is 0 Å². The van der Waals surface area contributed by atoms with Crippen molar-refractivity contribution in [1.29, 1.82) is 0 Å². The van der Waals surface area contributed by atoms with E-state index in [1.165, 1.54) is 33.7 Å².